The molecule has 26 heavy (non-hydrogen) atoms. The van der Waals surface area contributed by atoms with E-state index in [1.807, 2.05) is 6.92 Å². The minimum atomic E-state index is -3.60. The Morgan fingerprint density at radius 2 is 1.73 bits per heavy atom. The van der Waals surface area contributed by atoms with Crippen LogP contribution in [0, 0.1) is 0 Å². The van der Waals surface area contributed by atoms with Crippen molar-refractivity contribution in [3.8, 4) is 5.75 Å². The molecule has 0 fully saturated rings. The first kappa shape index (κ1) is 19.5. The van der Waals surface area contributed by atoms with E-state index < -0.39 is 21.7 Å². The Balaban J connectivity index is 2.18. The highest BCUT2D eigenvalue weighted by atomic mass is 32.2. The smallest absolute Gasteiger partial charge is 0.335 e. The van der Waals surface area contributed by atoms with Gasteiger partial charge in [0.2, 0.25) is 10.0 Å². The van der Waals surface area contributed by atoms with Crippen LogP contribution < -0.4 is 9.83 Å². The van der Waals surface area contributed by atoms with Gasteiger partial charge in [0.25, 0.3) is 0 Å². The quantitative estimate of drug-likeness (QED) is 0.717. The molecular weight excluding hydrogens is 358 g/mol. The number of hydrogen-bond acceptors (Lipinski definition) is 6. The summed E-state index contributed by atoms with van der Waals surface area (Å²) < 4.78 is 26.9. The fourth-order valence-electron chi connectivity index (χ4n) is 1.97. The van der Waals surface area contributed by atoms with E-state index in [4.69, 9.17) is 5.11 Å². The molecule has 9 heteroatoms. The lowest BCUT2D eigenvalue weighted by atomic mass is 10.2. The Morgan fingerprint density at radius 1 is 1.15 bits per heavy atom. The molecule has 2 aromatic carbocycles. The lowest BCUT2D eigenvalue weighted by molar-refractivity contribution is -0.268. The van der Waals surface area contributed by atoms with Gasteiger partial charge in [-0.1, -0.05) is 18.7 Å². The molecule has 0 saturated carbocycles. The molecule has 2 aromatic rings. The number of hydrogen-bond donors (Lipinski definition) is 2. The number of carboxylic acid groups (broad SMARTS) is 1. The van der Waals surface area contributed by atoms with Crippen molar-refractivity contribution in [3.05, 3.63) is 48.0 Å². The molecule has 138 valence electrons. The fourth-order valence-corrected chi connectivity index (χ4v) is 3.30. The summed E-state index contributed by atoms with van der Waals surface area (Å²) in [6.45, 7) is 3.66. The van der Waals surface area contributed by atoms with Crippen molar-refractivity contribution in [1.82, 2.24) is 4.72 Å². The zero-order valence-corrected chi connectivity index (χ0v) is 15.0. The van der Waals surface area contributed by atoms with Crippen molar-refractivity contribution in [2.24, 2.45) is 10.2 Å². The highest BCUT2D eigenvalue weighted by Gasteiger charge is 2.16. The van der Waals surface area contributed by atoms with E-state index in [9.17, 15) is 18.3 Å². The van der Waals surface area contributed by atoms with Crippen LogP contribution in [-0.4, -0.2) is 25.5 Å². The first-order valence-electron chi connectivity index (χ1n) is 7.81. The first-order chi connectivity index (χ1) is 12.2. The van der Waals surface area contributed by atoms with Crippen LogP contribution in [0.25, 0.3) is 0 Å². The van der Waals surface area contributed by atoms with Crippen LogP contribution in [0.1, 0.15) is 30.6 Å². The minimum absolute atomic E-state index is 0.112. The Kier molecular flexibility index (Phi) is 6.06. The number of rotatable bonds is 7. The minimum Gasteiger partial charge on any atom is -0.872 e. The zero-order valence-electron chi connectivity index (χ0n) is 14.2. The molecule has 0 aliphatic heterocycles. The second-order valence-corrected chi connectivity index (χ2v) is 7.32. The van der Waals surface area contributed by atoms with Crippen molar-refractivity contribution in [2.75, 3.05) is 0 Å². The molecule has 0 spiro atoms. The summed E-state index contributed by atoms with van der Waals surface area (Å²) in [7, 11) is -3.60. The lowest BCUT2D eigenvalue weighted by Crippen LogP contribution is -2.31. The average Bonchev–Trinajstić information content (AvgIpc) is 2.60. The molecule has 0 aromatic heterocycles. The van der Waals surface area contributed by atoms with Crippen LogP contribution in [0.2, 0.25) is 0 Å². The summed E-state index contributed by atoms with van der Waals surface area (Å²) in [5.41, 5.74) is 0.201. The standard InChI is InChI=1S/C17H19N3O5S/c1-3-11(2)20-26(24,25)14-7-4-12(5-8-14)18-19-13-6-9-16(21)15(10-13)17(22)23/h4-11,20-21H,3H2,1-2H3,(H,22,23)/p-1. The van der Waals surface area contributed by atoms with Gasteiger partial charge in [0, 0.05) is 6.04 Å². The Morgan fingerprint density at radius 3 is 2.31 bits per heavy atom. The predicted octanol–water partition coefficient (Wildman–Crippen LogP) is 2.95. The summed E-state index contributed by atoms with van der Waals surface area (Å²) in [5.74, 6) is -1.95. The maximum Gasteiger partial charge on any atom is 0.335 e. The second kappa shape index (κ2) is 8.07. The summed E-state index contributed by atoms with van der Waals surface area (Å²) in [4.78, 5) is 11.1. The van der Waals surface area contributed by atoms with Crippen LogP contribution in [0.15, 0.2) is 57.6 Å². The SMILES string of the molecule is CCC(C)NS(=O)(=O)c1ccc(N=Nc2ccc([O-])c(C(=O)O)c2)cc1. The molecule has 0 aliphatic rings. The Hall–Kier alpha value is -2.78. The number of carboxylic acids is 1. The lowest BCUT2D eigenvalue weighted by Gasteiger charge is -2.11. The van der Waals surface area contributed by atoms with Crippen LogP contribution in [-0.2, 0) is 10.0 Å². The molecular formula is C17H18N3O5S-. The van der Waals surface area contributed by atoms with Crippen LogP contribution in [0.3, 0.4) is 0 Å². The highest BCUT2D eigenvalue weighted by molar-refractivity contribution is 7.89. The third-order valence-electron chi connectivity index (χ3n) is 3.59. The largest absolute Gasteiger partial charge is 0.872 e. The molecule has 0 radical (unpaired) electrons. The number of sulfonamides is 1. The van der Waals surface area contributed by atoms with Crippen molar-refractivity contribution in [2.45, 2.75) is 31.2 Å². The number of aromatic carboxylic acids is 1. The van der Waals surface area contributed by atoms with Crippen molar-refractivity contribution in [3.63, 3.8) is 0 Å². The molecule has 8 nitrogen and oxygen atoms in total. The van der Waals surface area contributed by atoms with E-state index in [0.717, 1.165) is 12.1 Å². The molecule has 2 N–H and O–H groups in total. The van der Waals surface area contributed by atoms with E-state index in [0.29, 0.717) is 12.1 Å². The summed E-state index contributed by atoms with van der Waals surface area (Å²) in [6, 6.07) is 9.19. The van der Waals surface area contributed by atoms with Gasteiger partial charge in [-0.15, -0.1) is 0 Å². The zero-order chi connectivity index (χ0) is 19.3. The van der Waals surface area contributed by atoms with Gasteiger partial charge in [-0.3, -0.25) is 0 Å². The third-order valence-corrected chi connectivity index (χ3v) is 5.20. The number of nitrogens with one attached hydrogen (secondary N) is 1. The average molecular weight is 376 g/mol. The van der Waals surface area contributed by atoms with E-state index in [1.165, 1.54) is 30.3 Å². The highest BCUT2D eigenvalue weighted by Crippen LogP contribution is 2.24. The van der Waals surface area contributed by atoms with Gasteiger partial charge in [-0.05, 0) is 49.7 Å². The van der Waals surface area contributed by atoms with E-state index in [1.54, 1.807) is 6.92 Å². The van der Waals surface area contributed by atoms with Gasteiger partial charge in [-0.25, -0.2) is 17.9 Å². The first-order valence-corrected chi connectivity index (χ1v) is 9.29. The normalized spacial score (nSPS) is 13.0. The second-order valence-electron chi connectivity index (χ2n) is 5.61. The topological polar surface area (TPSA) is 131 Å². The summed E-state index contributed by atoms with van der Waals surface area (Å²) in [6.07, 6.45) is 0.673. The number of carbonyl (C=O) groups is 1. The van der Waals surface area contributed by atoms with E-state index in [-0.39, 0.29) is 22.2 Å². The van der Waals surface area contributed by atoms with E-state index >= 15 is 0 Å². The Bertz CT molecular complexity index is 924. The van der Waals surface area contributed by atoms with Gasteiger partial charge in [0.05, 0.1) is 21.8 Å². The van der Waals surface area contributed by atoms with E-state index in [2.05, 4.69) is 15.0 Å². The van der Waals surface area contributed by atoms with Crippen LogP contribution in [0.5, 0.6) is 5.75 Å². The molecule has 0 aliphatic carbocycles. The number of azo groups is 1. The molecule has 0 saturated heterocycles. The van der Waals surface area contributed by atoms with Crippen LogP contribution in [0.4, 0.5) is 11.4 Å². The molecule has 0 bridgehead atoms. The van der Waals surface area contributed by atoms with Gasteiger partial charge < -0.3 is 10.2 Å². The fraction of sp³-hybridized carbons (Fsp3) is 0.235. The van der Waals surface area contributed by atoms with Gasteiger partial charge in [0.1, 0.15) is 0 Å². The summed E-state index contributed by atoms with van der Waals surface area (Å²) in [5, 5.41) is 28.1. The number of nitrogens with zero attached hydrogens (tertiary/aromatic N) is 2. The summed E-state index contributed by atoms with van der Waals surface area (Å²) >= 11 is 0. The van der Waals surface area contributed by atoms with Crippen LogP contribution >= 0.6 is 0 Å². The monoisotopic (exact) mass is 376 g/mol. The number of benzene rings is 2. The Labute approximate surface area is 151 Å². The third kappa shape index (κ3) is 4.87. The van der Waals surface area contributed by atoms with Gasteiger partial charge in [-0.2, -0.15) is 10.2 Å². The molecule has 0 heterocycles. The maximum absolute atomic E-state index is 12.2. The van der Waals surface area contributed by atoms with Gasteiger partial charge in [0.15, 0.2) is 0 Å². The van der Waals surface area contributed by atoms with Crippen molar-refractivity contribution >= 4 is 27.4 Å². The van der Waals surface area contributed by atoms with Crippen molar-refractivity contribution in [1.29, 1.82) is 0 Å². The molecule has 1 unspecified atom stereocenters. The molecule has 2 rings (SSSR count). The molecule has 0 amide bonds. The van der Waals surface area contributed by atoms with Crippen molar-refractivity contribution < 1.29 is 23.4 Å². The predicted molar refractivity (Wildman–Crippen MR) is 93.5 cm³/mol. The maximum atomic E-state index is 12.2. The molecule has 1 atom stereocenters. The van der Waals surface area contributed by atoms with Gasteiger partial charge >= 0.3 is 5.97 Å².